The first-order valence-electron chi connectivity index (χ1n) is 4.94. The van der Waals surface area contributed by atoms with Crippen molar-refractivity contribution in [3.05, 3.63) is 0 Å². The minimum atomic E-state index is 0.597. The summed E-state index contributed by atoms with van der Waals surface area (Å²) >= 11 is 0. The van der Waals surface area contributed by atoms with E-state index in [1.54, 1.807) is 0 Å². The largest absolute Gasteiger partial charge is 0.315 e. The standard InChI is InChI=1S/C10H21NO/c1-10(2)11-8-6-4-3-5-7-9-12/h9-11H,3-8H2,1-2H3. The molecule has 0 saturated heterocycles. The first-order chi connectivity index (χ1) is 5.77. The monoisotopic (exact) mass is 171 g/mol. The lowest BCUT2D eigenvalue weighted by Crippen LogP contribution is -2.23. The van der Waals surface area contributed by atoms with Crippen molar-refractivity contribution >= 4 is 6.29 Å². The second kappa shape index (κ2) is 8.72. The van der Waals surface area contributed by atoms with E-state index in [1.807, 2.05) is 0 Å². The molecule has 0 rings (SSSR count). The van der Waals surface area contributed by atoms with Crippen molar-refractivity contribution < 1.29 is 4.79 Å². The Morgan fingerprint density at radius 2 is 1.83 bits per heavy atom. The van der Waals surface area contributed by atoms with Gasteiger partial charge in [-0.1, -0.05) is 26.7 Å². The van der Waals surface area contributed by atoms with Crippen LogP contribution in [-0.4, -0.2) is 18.9 Å². The molecule has 0 saturated carbocycles. The van der Waals surface area contributed by atoms with E-state index < -0.39 is 0 Å². The summed E-state index contributed by atoms with van der Waals surface area (Å²) in [5, 5.41) is 3.37. The quantitative estimate of drug-likeness (QED) is 0.448. The van der Waals surface area contributed by atoms with Crippen LogP contribution in [0.3, 0.4) is 0 Å². The van der Waals surface area contributed by atoms with Gasteiger partial charge >= 0.3 is 0 Å². The van der Waals surface area contributed by atoms with Gasteiger partial charge in [-0.25, -0.2) is 0 Å². The Morgan fingerprint density at radius 3 is 2.42 bits per heavy atom. The molecule has 0 aliphatic rings. The number of aldehydes is 1. The van der Waals surface area contributed by atoms with E-state index in [9.17, 15) is 4.79 Å². The fraction of sp³-hybridized carbons (Fsp3) is 0.900. The predicted octanol–water partition coefficient (Wildman–Crippen LogP) is 2.13. The maximum absolute atomic E-state index is 9.97. The minimum Gasteiger partial charge on any atom is -0.315 e. The Balaban J connectivity index is 2.86. The summed E-state index contributed by atoms with van der Waals surface area (Å²) in [6.45, 7) is 5.43. The fourth-order valence-electron chi connectivity index (χ4n) is 1.10. The van der Waals surface area contributed by atoms with Crippen molar-refractivity contribution in [1.82, 2.24) is 5.32 Å². The molecule has 12 heavy (non-hydrogen) atoms. The fourth-order valence-corrected chi connectivity index (χ4v) is 1.10. The van der Waals surface area contributed by atoms with E-state index in [1.165, 1.54) is 19.3 Å². The molecular formula is C10H21NO. The van der Waals surface area contributed by atoms with Crippen molar-refractivity contribution in [1.29, 1.82) is 0 Å². The average Bonchev–Trinajstić information content (AvgIpc) is 2.02. The van der Waals surface area contributed by atoms with E-state index in [0.717, 1.165) is 25.7 Å². The Hall–Kier alpha value is -0.370. The third-order valence-corrected chi connectivity index (χ3v) is 1.80. The molecule has 1 N–H and O–H groups in total. The minimum absolute atomic E-state index is 0.597. The Kier molecular flexibility index (Phi) is 8.46. The summed E-state index contributed by atoms with van der Waals surface area (Å²) in [4.78, 5) is 9.97. The van der Waals surface area contributed by atoms with Gasteiger partial charge in [0.1, 0.15) is 6.29 Å². The van der Waals surface area contributed by atoms with E-state index in [-0.39, 0.29) is 0 Å². The van der Waals surface area contributed by atoms with Crippen molar-refractivity contribution in [2.45, 2.75) is 52.0 Å². The number of nitrogens with one attached hydrogen (secondary N) is 1. The van der Waals surface area contributed by atoms with Crippen LogP contribution >= 0.6 is 0 Å². The zero-order valence-electron chi connectivity index (χ0n) is 8.31. The van der Waals surface area contributed by atoms with Crippen LogP contribution in [0.15, 0.2) is 0 Å². The zero-order valence-corrected chi connectivity index (χ0v) is 8.31. The van der Waals surface area contributed by atoms with Gasteiger partial charge in [0.25, 0.3) is 0 Å². The molecule has 0 aliphatic heterocycles. The van der Waals surface area contributed by atoms with Gasteiger partial charge in [-0.15, -0.1) is 0 Å². The molecule has 0 aromatic carbocycles. The van der Waals surface area contributed by atoms with Crippen LogP contribution in [0.25, 0.3) is 0 Å². The van der Waals surface area contributed by atoms with Gasteiger partial charge in [-0.3, -0.25) is 0 Å². The smallest absolute Gasteiger partial charge is 0.119 e. The Morgan fingerprint density at radius 1 is 1.17 bits per heavy atom. The summed E-state index contributed by atoms with van der Waals surface area (Å²) in [5.41, 5.74) is 0. The summed E-state index contributed by atoms with van der Waals surface area (Å²) < 4.78 is 0. The van der Waals surface area contributed by atoms with Gasteiger partial charge in [-0.05, 0) is 19.4 Å². The van der Waals surface area contributed by atoms with Crippen LogP contribution in [0.1, 0.15) is 46.0 Å². The molecule has 0 fully saturated rings. The van der Waals surface area contributed by atoms with Crippen LogP contribution < -0.4 is 5.32 Å². The van der Waals surface area contributed by atoms with Crippen molar-refractivity contribution in [3.63, 3.8) is 0 Å². The molecule has 0 unspecified atom stereocenters. The van der Waals surface area contributed by atoms with E-state index in [0.29, 0.717) is 6.04 Å². The van der Waals surface area contributed by atoms with Gasteiger partial charge in [0.15, 0.2) is 0 Å². The van der Waals surface area contributed by atoms with Gasteiger partial charge in [0.05, 0.1) is 0 Å². The van der Waals surface area contributed by atoms with Crippen molar-refractivity contribution in [2.75, 3.05) is 6.54 Å². The molecule has 0 heterocycles. The molecule has 2 heteroatoms. The van der Waals surface area contributed by atoms with Crippen LogP contribution in [0.2, 0.25) is 0 Å². The van der Waals surface area contributed by atoms with Crippen LogP contribution in [-0.2, 0) is 4.79 Å². The average molecular weight is 171 g/mol. The lowest BCUT2D eigenvalue weighted by molar-refractivity contribution is -0.107. The second-order valence-corrected chi connectivity index (χ2v) is 3.48. The van der Waals surface area contributed by atoms with Crippen LogP contribution in [0, 0.1) is 0 Å². The highest BCUT2D eigenvalue weighted by molar-refractivity contribution is 5.48. The highest BCUT2D eigenvalue weighted by atomic mass is 16.1. The van der Waals surface area contributed by atoms with Crippen molar-refractivity contribution in [2.24, 2.45) is 0 Å². The molecular weight excluding hydrogens is 150 g/mol. The molecule has 0 atom stereocenters. The summed E-state index contributed by atoms with van der Waals surface area (Å²) in [5.74, 6) is 0. The first kappa shape index (κ1) is 11.6. The summed E-state index contributed by atoms with van der Waals surface area (Å²) in [6.07, 6.45) is 6.47. The van der Waals surface area contributed by atoms with Crippen molar-refractivity contribution in [3.8, 4) is 0 Å². The molecule has 0 bridgehead atoms. The number of hydrogen-bond acceptors (Lipinski definition) is 2. The van der Waals surface area contributed by atoms with E-state index >= 15 is 0 Å². The number of carbonyl (C=O) groups excluding carboxylic acids is 1. The molecule has 0 aromatic heterocycles. The number of carbonyl (C=O) groups is 1. The molecule has 0 aromatic rings. The molecule has 72 valence electrons. The zero-order chi connectivity index (χ0) is 9.23. The summed E-state index contributed by atoms with van der Waals surface area (Å²) in [7, 11) is 0. The molecule has 0 radical (unpaired) electrons. The lowest BCUT2D eigenvalue weighted by Gasteiger charge is -2.06. The molecule has 0 spiro atoms. The Bertz CT molecular complexity index is 102. The number of unbranched alkanes of at least 4 members (excludes halogenated alkanes) is 4. The third kappa shape index (κ3) is 9.63. The topological polar surface area (TPSA) is 29.1 Å². The van der Waals surface area contributed by atoms with Crippen LogP contribution in [0.5, 0.6) is 0 Å². The highest BCUT2D eigenvalue weighted by Gasteiger charge is 1.92. The molecule has 0 amide bonds. The van der Waals surface area contributed by atoms with Gasteiger partial charge in [-0.2, -0.15) is 0 Å². The van der Waals surface area contributed by atoms with E-state index in [4.69, 9.17) is 0 Å². The Labute approximate surface area is 75.7 Å². The lowest BCUT2D eigenvalue weighted by atomic mass is 10.1. The molecule has 0 aliphatic carbocycles. The SMILES string of the molecule is CC(C)NCCCCCCC=O. The van der Waals surface area contributed by atoms with Gasteiger partial charge in [0, 0.05) is 12.5 Å². The first-order valence-corrected chi connectivity index (χ1v) is 4.94. The number of rotatable bonds is 8. The summed E-state index contributed by atoms with van der Waals surface area (Å²) in [6, 6.07) is 0.597. The van der Waals surface area contributed by atoms with Crippen LogP contribution in [0.4, 0.5) is 0 Å². The second-order valence-electron chi connectivity index (χ2n) is 3.48. The maximum atomic E-state index is 9.97. The third-order valence-electron chi connectivity index (χ3n) is 1.80. The predicted molar refractivity (Wildman–Crippen MR) is 52.3 cm³/mol. The molecule has 2 nitrogen and oxygen atoms in total. The number of hydrogen-bond donors (Lipinski definition) is 1. The highest BCUT2D eigenvalue weighted by Crippen LogP contribution is 2.00. The van der Waals surface area contributed by atoms with E-state index in [2.05, 4.69) is 19.2 Å². The normalized spacial score (nSPS) is 10.6. The maximum Gasteiger partial charge on any atom is 0.119 e. The van der Waals surface area contributed by atoms with Gasteiger partial charge < -0.3 is 10.1 Å². The van der Waals surface area contributed by atoms with Gasteiger partial charge in [0.2, 0.25) is 0 Å².